The van der Waals surface area contributed by atoms with Crippen molar-refractivity contribution in [3.8, 4) is 5.75 Å². The van der Waals surface area contributed by atoms with Gasteiger partial charge < -0.3 is 15.0 Å². The van der Waals surface area contributed by atoms with Crippen LogP contribution in [-0.2, 0) is 6.54 Å². The molecule has 6 heteroatoms. The number of imidazole rings is 1. The van der Waals surface area contributed by atoms with E-state index in [-0.39, 0.29) is 5.75 Å². The molecule has 2 aromatic rings. The van der Waals surface area contributed by atoms with Crippen LogP contribution in [0.3, 0.4) is 0 Å². The quantitative estimate of drug-likeness (QED) is 0.843. The molecule has 90 valence electrons. The van der Waals surface area contributed by atoms with E-state index in [1.165, 1.54) is 12.1 Å². The van der Waals surface area contributed by atoms with Crippen molar-refractivity contribution in [3.05, 3.63) is 42.5 Å². The van der Waals surface area contributed by atoms with Gasteiger partial charge in [-0.05, 0) is 24.3 Å². The number of aromatic amines is 1. The number of aromatic nitrogens is 2. The van der Waals surface area contributed by atoms with Crippen molar-refractivity contribution < 1.29 is 13.5 Å². The minimum atomic E-state index is -2.79. The van der Waals surface area contributed by atoms with E-state index in [2.05, 4.69) is 20.0 Å². The highest BCUT2D eigenvalue weighted by atomic mass is 19.3. The average Bonchev–Trinajstić information content (AvgIpc) is 2.80. The fraction of sp³-hybridized carbons (Fsp3) is 0.182. The Morgan fingerprint density at radius 1 is 1.29 bits per heavy atom. The van der Waals surface area contributed by atoms with E-state index < -0.39 is 6.61 Å². The Balaban J connectivity index is 1.89. The summed E-state index contributed by atoms with van der Waals surface area (Å²) in [4.78, 5) is 6.99. The molecule has 0 aliphatic carbocycles. The number of ether oxygens (including phenoxy) is 1. The lowest BCUT2D eigenvalue weighted by Gasteiger charge is -2.07. The standard InChI is InChI=1S/C11H11F2N3O/c12-11(13)17-9-3-1-8(2-4-9)16-7-10-14-5-6-15-10/h1-6,11,16H,7H2,(H,14,15). The summed E-state index contributed by atoms with van der Waals surface area (Å²) in [5.41, 5.74) is 0.808. The van der Waals surface area contributed by atoms with E-state index in [0.29, 0.717) is 6.54 Å². The first-order valence-electron chi connectivity index (χ1n) is 5.01. The molecule has 2 rings (SSSR count). The second kappa shape index (κ2) is 5.29. The maximum absolute atomic E-state index is 11.9. The van der Waals surface area contributed by atoms with Gasteiger partial charge in [0.15, 0.2) is 0 Å². The monoisotopic (exact) mass is 239 g/mol. The summed E-state index contributed by atoms with van der Waals surface area (Å²) in [6.45, 7) is -2.25. The first-order valence-corrected chi connectivity index (χ1v) is 5.01. The summed E-state index contributed by atoms with van der Waals surface area (Å²) in [5.74, 6) is 0.946. The van der Waals surface area contributed by atoms with Gasteiger partial charge >= 0.3 is 6.61 Å². The van der Waals surface area contributed by atoms with Gasteiger partial charge in [0, 0.05) is 18.1 Å². The third-order valence-corrected chi connectivity index (χ3v) is 2.09. The Bertz CT molecular complexity index is 442. The summed E-state index contributed by atoms with van der Waals surface area (Å²) in [6.07, 6.45) is 3.40. The minimum absolute atomic E-state index is 0.142. The van der Waals surface area contributed by atoms with Crippen LogP contribution in [0.15, 0.2) is 36.7 Å². The van der Waals surface area contributed by atoms with Gasteiger partial charge in [0.05, 0.1) is 6.54 Å². The predicted octanol–water partition coefficient (Wildman–Crippen LogP) is 2.62. The summed E-state index contributed by atoms with van der Waals surface area (Å²) in [7, 11) is 0. The molecular formula is C11H11F2N3O. The zero-order valence-corrected chi connectivity index (χ0v) is 8.86. The third kappa shape index (κ3) is 3.44. The molecule has 1 heterocycles. The van der Waals surface area contributed by atoms with Gasteiger partial charge in [0.25, 0.3) is 0 Å². The molecule has 0 unspecified atom stereocenters. The van der Waals surface area contributed by atoms with Crippen LogP contribution in [0.2, 0.25) is 0 Å². The number of halogens is 2. The van der Waals surface area contributed by atoms with Crippen molar-refractivity contribution in [2.45, 2.75) is 13.2 Å². The Morgan fingerprint density at radius 2 is 2.06 bits per heavy atom. The second-order valence-corrected chi connectivity index (χ2v) is 3.29. The minimum Gasteiger partial charge on any atom is -0.435 e. The number of H-pyrrole nitrogens is 1. The lowest BCUT2D eigenvalue weighted by molar-refractivity contribution is -0.0498. The zero-order valence-electron chi connectivity index (χ0n) is 8.86. The Labute approximate surface area is 96.6 Å². The number of alkyl halides is 2. The molecule has 4 nitrogen and oxygen atoms in total. The Kier molecular flexibility index (Phi) is 3.54. The van der Waals surface area contributed by atoms with Crippen molar-refractivity contribution in [2.24, 2.45) is 0 Å². The first-order chi connectivity index (χ1) is 8.24. The zero-order chi connectivity index (χ0) is 12.1. The molecule has 0 aliphatic rings. The molecule has 2 N–H and O–H groups in total. The molecule has 0 saturated carbocycles. The molecule has 0 fully saturated rings. The van der Waals surface area contributed by atoms with Crippen LogP contribution in [-0.4, -0.2) is 16.6 Å². The molecule has 1 aromatic carbocycles. The lowest BCUT2D eigenvalue weighted by atomic mass is 10.3. The molecule has 0 radical (unpaired) electrons. The van der Waals surface area contributed by atoms with E-state index in [0.717, 1.165) is 11.5 Å². The lowest BCUT2D eigenvalue weighted by Crippen LogP contribution is -2.03. The molecule has 0 spiro atoms. The Hall–Kier alpha value is -2.11. The predicted molar refractivity (Wildman–Crippen MR) is 59.0 cm³/mol. The summed E-state index contributed by atoms with van der Waals surface area (Å²) in [6, 6.07) is 6.30. The van der Waals surface area contributed by atoms with Crippen molar-refractivity contribution in [3.63, 3.8) is 0 Å². The maximum atomic E-state index is 11.9. The van der Waals surface area contributed by atoms with E-state index in [1.54, 1.807) is 24.5 Å². The molecule has 0 amide bonds. The highest BCUT2D eigenvalue weighted by molar-refractivity contribution is 5.46. The number of hydrogen-bond acceptors (Lipinski definition) is 3. The van der Waals surface area contributed by atoms with Gasteiger partial charge in [-0.2, -0.15) is 8.78 Å². The maximum Gasteiger partial charge on any atom is 0.387 e. The number of anilines is 1. The third-order valence-electron chi connectivity index (χ3n) is 2.09. The molecule has 0 bridgehead atoms. The van der Waals surface area contributed by atoms with Crippen LogP contribution < -0.4 is 10.1 Å². The largest absolute Gasteiger partial charge is 0.435 e. The molecule has 0 atom stereocenters. The van der Waals surface area contributed by atoms with Crippen molar-refractivity contribution >= 4 is 5.69 Å². The molecule has 17 heavy (non-hydrogen) atoms. The summed E-state index contributed by atoms with van der Waals surface area (Å²) < 4.78 is 28.0. The fourth-order valence-corrected chi connectivity index (χ4v) is 1.33. The van der Waals surface area contributed by atoms with Gasteiger partial charge in [0.2, 0.25) is 0 Å². The van der Waals surface area contributed by atoms with Gasteiger partial charge in [0.1, 0.15) is 11.6 Å². The number of nitrogens with zero attached hydrogens (tertiary/aromatic N) is 1. The van der Waals surface area contributed by atoms with Crippen molar-refractivity contribution in [1.29, 1.82) is 0 Å². The number of benzene rings is 1. The van der Waals surface area contributed by atoms with Gasteiger partial charge in [-0.25, -0.2) is 4.98 Å². The van der Waals surface area contributed by atoms with Crippen LogP contribution in [0.4, 0.5) is 14.5 Å². The smallest absolute Gasteiger partial charge is 0.387 e. The normalized spacial score (nSPS) is 10.5. The Morgan fingerprint density at radius 3 is 2.65 bits per heavy atom. The van der Waals surface area contributed by atoms with Crippen LogP contribution in [0.5, 0.6) is 5.75 Å². The van der Waals surface area contributed by atoms with Gasteiger partial charge in [-0.1, -0.05) is 0 Å². The SMILES string of the molecule is FC(F)Oc1ccc(NCc2ncc[nH]2)cc1. The second-order valence-electron chi connectivity index (χ2n) is 3.29. The van der Waals surface area contributed by atoms with Gasteiger partial charge in [-0.3, -0.25) is 0 Å². The van der Waals surface area contributed by atoms with Crippen LogP contribution in [0.1, 0.15) is 5.82 Å². The van der Waals surface area contributed by atoms with E-state index in [1.807, 2.05) is 0 Å². The number of hydrogen-bond donors (Lipinski definition) is 2. The van der Waals surface area contributed by atoms with Crippen LogP contribution >= 0.6 is 0 Å². The van der Waals surface area contributed by atoms with Gasteiger partial charge in [-0.15, -0.1) is 0 Å². The van der Waals surface area contributed by atoms with Crippen molar-refractivity contribution in [1.82, 2.24) is 9.97 Å². The van der Waals surface area contributed by atoms with E-state index in [4.69, 9.17) is 0 Å². The van der Waals surface area contributed by atoms with E-state index in [9.17, 15) is 8.78 Å². The summed E-state index contributed by atoms with van der Waals surface area (Å²) in [5, 5.41) is 3.09. The number of rotatable bonds is 5. The van der Waals surface area contributed by atoms with Crippen molar-refractivity contribution in [2.75, 3.05) is 5.32 Å². The molecule has 1 aromatic heterocycles. The number of nitrogens with one attached hydrogen (secondary N) is 2. The highest BCUT2D eigenvalue weighted by Crippen LogP contribution is 2.17. The molecule has 0 saturated heterocycles. The summed E-state index contributed by atoms with van der Waals surface area (Å²) >= 11 is 0. The topological polar surface area (TPSA) is 49.9 Å². The average molecular weight is 239 g/mol. The van der Waals surface area contributed by atoms with Crippen LogP contribution in [0.25, 0.3) is 0 Å². The fourth-order valence-electron chi connectivity index (χ4n) is 1.33. The van der Waals surface area contributed by atoms with E-state index >= 15 is 0 Å². The first kappa shape index (κ1) is 11.4. The highest BCUT2D eigenvalue weighted by Gasteiger charge is 2.03. The molecular weight excluding hydrogens is 228 g/mol. The molecule has 0 aliphatic heterocycles. The van der Waals surface area contributed by atoms with Crippen LogP contribution in [0, 0.1) is 0 Å².